The van der Waals surface area contributed by atoms with Crippen LogP contribution in [0.1, 0.15) is 18.9 Å². The zero-order chi connectivity index (χ0) is 11.0. The molecule has 2 aromatic heterocycles. The van der Waals surface area contributed by atoms with Gasteiger partial charge in [0.25, 0.3) is 0 Å². The van der Waals surface area contributed by atoms with Gasteiger partial charge < -0.3 is 5.73 Å². The minimum atomic E-state index is 0.408. The third kappa shape index (κ3) is 1.83. The molecule has 82 valence electrons. The fourth-order valence-corrected chi connectivity index (χ4v) is 2.04. The van der Waals surface area contributed by atoms with E-state index in [1.807, 2.05) is 4.68 Å². The van der Waals surface area contributed by atoms with Gasteiger partial charge in [-0.2, -0.15) is 0 Å². The summed E-state index contributed by atoms with van der Waals surface area (Å²) in [7, 11) is 0. The van der Waals surface area contributed by atoms with Crippen molar-refractivity contribution in [2.45, 2.75) is 29.1 Å². The lowest BCUT2D eigenvalue weighted by atomic mass is 10.5. The van der Waals surface area contributed by atoms with Crippen molar-refractivity contribution in [2.24, 2.45) is 0 Å². The van der Waals surface area contributed by atoms with Crippen molar-refractivity contribution in [1.29, 1.82) is 0 Å². The molecule has 16 heavy (non-hydrogen) atoms. The summed E-state index contributed by atoms with van der Waals surface area (Å²) in [5.74, 6) is 0.408. The number of aromatic nitrogens is 6. The van der Waals surface area contributed by atoms with E-state index in [-0.39, 0.29) is 0 Å². The molecule has 2 aromatic rings. The number of rotatable bonds is 3. The molecular formula is C8H9N7S. The summed E-state index contributed by atoms with van der Waals surface area (Å²) in [5.41, 5.74) is 5.46. The van der Waals surface area contributed by atoms with Crippen LogP contribution in [0.2, 0.25) is 0 Å². The Morgan fingerprint density at radius 3 is 2.81 bits per heavy atom. The first-order valence-corrected chi connectivity index (χ1v) is 5.69. The van der Waals surface area contributed by atoms with E-state index in [9.17, 15) is 0 Å². The highest BCUT2D eigenvalue weighted by Gasteiger charge is 2.28. The van der Waals surface area contributed by atoms with Crippen LogP contribution in [0.15, 0.2) is 22.3 Å². The van der Waals surface area contributed by atoms with Crippen LogP contribution in [-0.2, 0) is 0 Å². The average molecular weight is 235 g/mol. The Morgan fingerprint density at radius 1 is 1.25 bits per heavy atom. The van der Waals surface area contributed by atoms with Gasteiger partial charge in [0, 0.05) is 0 Å². The van der Waals surface area contributed by atoms with Crippen molar-refractivity contribution >= 4 is 17.6 Å². The SMILES string of the molecule is Nc1ccc(Sc2nnnn2C2CC2)nn1. The number of hydrogen-bond acceptors (Lipinski definition) is 7. The summed E-state index contributed by atoms with van der Waals surface area (Å²) in [4.78, 5) is 0. The molecule has 0 unspecified atom stereocenters. The van der Waals surface area contributed by atoms with E-state index in [2.05, 4.69) is 25.7 Å². The fourth-order valence-electron chi connectivity index (χ4n) is 1.28. The molecule has 0 aromatic carbocycles. The van der Waals surface area contributed by atoms with Crippen molar-refractivity contribution in [3.8, 4) is 0 Å². The predicted molar refractivity (Wildman–Crippen MR) is 56.7 cm³/mol. The maximum atomic E-state index is 5.46. The molecule has 7 nitrogen and oxygen atoms in total. The Morgan fingerprint density at radius 2 is 2.12 bits per heavy atom. The van der Waals surface area contributed by atoms with E-state index in [0.717, 1.165) is 23.0 Å². The second-order valence-corrected chi connectivity index (χ2v) is 4.52. The van der Waals surface area contributed by atoms with Crippen LogP contribution in [0, 0.1) is 0 Å². The van der Waals surface area contributed by atoms with E-state index in [1.54, 1.807) is 12.1 Å². The van der Waals surface area contributed by atoms with Crippen LogP contribution in [0.5, 0.6) is 0 Å². The number of anilines is 1. The van der Waals surface area contributed by atoms with Crippen LogP contribution in [-0.4, -0.2) is 30.4 Å². The average Bonchev–Trinajstić information content (AvgIpc) is 3.03. The molecule has 8 heteroatoms. The minimum Gasteiger partial charge on any atom is -0.382 e. The summed E-state index contributed by atoms with van der Waals surface area (Å²) < 4.78 is 1.84. The van der Waals surface area contributed by atoms with Crippen molar-refractivity contribution in [3.05, 3.63) is 12.1 Å². The molecule has 0 bridgehead atoms. The Labute approximate surface area is 95.4 Å². The largest absolute Gasteiger partial charge is 0.382 e. The van der Waals surface area contributed by atoms with Gasteiger partial charge in [-0.3, -0.25) is 0 Å². The third-order valence-electron chi connectivity index (χ3n) is 2.21. The molecule has 3 rings (SSSR count). The molecule has 0 amide bonds. The molecule has 0 spiro atoms. The van der Waals surface area contributed by atoms with Crippen LogP contribution in [0.3, 0.4) is 0 Å². The monoisotopic (exact) mass is 235 g/mol. The number of nitrogen functional groups attached to an aromatic ring is 1. The van der Waals surface area contributed by atoms with Crippen molar-refractivity contribution in [2.75, 3.05) is 5.73 Å². The summed E-state index contributed by atoms with van der Waals surface area (Å²) in [6.45, 7) is 0. The highest BCUT2D eigenvalue weighted by molar-refractivity contribution is 7.99. The number of nitrogens with two attached hydrogens (primary N) is 1. The van der Waals surface area contributed by atoms with E-state index in [1.165, 1.54) is 11.8 Å². The molecule has 2 heterocycles. The smallest absolute Gasteiger partial charge is 0.215 e. The van der Waals surface area contributed by atoms with Crippen LogP contribution in [0.25, 0.3) is 0 Å². The lowest BCUT2D eigenvalue weighted by Gasteiger charge is -2.00. The zero-order valence-corrected chi connectivity index (χ0v) is 9.13. The van der Waals surface area contributed by atoms with E-state index in [4.69, 9.17) is 5.73 Å². The van der Waals surface area contributed by atoms with Crippen molar-refractivity contribution in [3.63, 3.8) is 0 Å². The van der Waals surface area contributed by atoms with Gasteiger partial charge in [-0.1, -0.05) is 0 Å². The van der Waals surface area contributed by atoms with Gasteiger partial charge in [-0.15, -0.1) is 15.3 Å². The summed E-state index contributed by atoms with van der Waals surface area (Å²) in [5, 5.41) is 20.8. The first-order valence-electron chi connectivity index (χ1n) is 4.88. The molecule has 0 saturated heterocycles. The molecule has 2 N–H and O–H groups in total. The van der Waals surface area contributed by atoms with E-state index < -0.39 is 0 Å². The second kappa shape index (κ2) is 3.71. The van der Waals surface area contributed by atoms with Crippen LogP contribution < -0.4 is 5.73 Å². The lowest BCUT2D eigenvalue weighted by Crippen LogP contribution is -1.99. The van der Waals surface area contributed by atoms with Gasteiger partial charge in [-0.25, -0.2) is 4.68 Å². The van der Waals surface area contributed by atoms with Gasteiger partial charge in [0.15, 0.2) is 0 Å². The van der Waals surface area contributed by atoms with Gasteiger partial charge in [0.05, 0.1) is 6.04 Å². The third-order valence-corrected chi connectivity index (χ3v) is 3.09. The highest BCUT2D eigenvalue weighted by atomic mass is 32.2. The highest BCUT2D eigenvalue weighted by Crippen LogP contribution is 2.37. The molecule has 1 saturated carbocycles. The van der Waals surface area contributed by atoms with Gasteiger partial charge in [0.2, 0.25) is 5.16 Å². The number of hydrogen-bond donors (Lipinski definition) is 1. The molecule has 0 radical (unpaired) electrons. The normalized spacial score (nSPS) is 15.2. The predicted octanol–water partition coefficient (Wildman–Crippen LogP) is 0.531. The summed E-state index contributed by atoms with van der Waals surface area (Å²) >= 11 is 1.40. The Kier molecular flexibility index (Phi) is 2.21. The molecule has 1 fully saturated rings. The van der Waals surface area contributed by atoms with Crippen LogP contribution >= 0.6 is 11.8 Å². The number of tetrazole rings is 1. The van der Waals surface area contributed by atoms with Gasteiger partial charge in [-0.05, 0) is 47.2 Å². The van der Waals surface area contributed by atoms with E-state index in [0.29, 0.717) is 11.9 Å². The molecule has 0 atom stereocenters. The summed E-state index contributed by atoms with van der Waals surface area (Å²) in [6.07, 6.45) is 2.29. The summed E-state index contributed by atoms with van der Waals surface area (Å²) in [6, 6.07) is 3.97. The lowest BCUT2D eigenvalue weighted by molar-refractivity contribution is 0.565. The maximum Gasteiger partial charge on any atom is 0.215 e. The minimum absolute atomic E-state index is 0.408. The van der Waals surface area contributed by atoms with Crippen molar-refractivity contribution in [1.82, 2.24) is 30.4 Å². The molecule has 0 aliphatic heterocycles. The standard InChI is InChI=1S/C8H9N7S/c9-6-3-4-7(11-10-6)16-8-12-13-14-15(8)5-1-2-5/h3-5H,1-2H2,(H2,9,10). The Balaban J connectivity index is 1.82. The van der Waals surface area contributed by atoms with Crippen molar-refractivity contribution < 1.29 is 0 Å². The Bertz CT molecular complexity index is 489. The Hall–Kier alpha value is -1.70. The first kappa shape index (κ1) is 9.52. The van der Waals surface area contributed by atoms with E-state index >= 15 is 0 Å². The molecule has 1 aliphatic carbocycles. The van der Waals surface area contributed by atoms with Gasteiger partial charge >= 0.3 is 0 Å². The first-order chi connectivity index (χ1) is 7.83. The second-order valence-electron chi connectivity index (χ2n) is 3.54. The quantitative estimate of drug-likeness (QED) is 0.829. The van der Waals surface area contributed by atoms with Crippen LogP contribution in [0.4, 0.5) is 5.82 Å². The fraction of sp³-hybridized carbons (Fsp3) is 0.375. The molecular weight excluding hydrogens is 226 g/mol. The topological polar surface area (TPSA) is 95.4 Å². The number of nitrogens with zero attached hydrogens (tertiary/aromatic N) is 6. The molecule has 1 aliphatic rings. The van der Waals surface area contributed by atoms with Gasteiger partial charge in [0.1, 0.15) is 10.8 Å². The zero-order valence-electron chi connectivity index (χ0n) is 8.32. The maximum absolute atomic E-state index is 5.46.